The van der Waals surface area contributed by atoms with Gasteiger partial charge >= 0.3 is 6.03 Å². The summed E-state index contributed by atoms with van der Waals surface area (Å²) in [6.07, 6.45) is 0. The van der Waals surface area contributed by atoms with Crippen molar-refractivity contribution in [3.8, 4) is 17.6 Å². The number of carbonyl (C=O) groups is 4. The van der Waals surface area contributed by atoms with E-state index in [1.54, 1.807) is 49.4 Å². The quantitative estimate of drug-likeness (QED) is 0.510. The van der Waals surface area contributed by atoms with Crippen molar-refractivity contribution in [1.82, 2.24) is 15.5 Å². The highest BCUT2D eigenvalue weighted by molar-refractivity contribution is 6.20. The number of aliphatic imine (C=N–C) groups is 1. The molecule has 2 N–H and O–H groups in total. The van der Waals surface area contributed by atoms with Crippen molar-refractivity contribution in [1.29, 1.82) is 0 Å². The molecule has 0 saturated carbocycles. The molecule has 3 aliphatic heterocycles. The van der Waals surface area contributed by atoms with Gasteiger partial charge in [-0.2, -0.15) is 0 Å². The van der Waals surface area contributed by atoms with E-state index in [2.05, 4.69) is 27.5 Å². The largest absolute Gasteiger partial charge is 0.497 e. The van der Waals surface area contributed by atoms with E-state index in [4.69, 9.17) is 4.74 Å². The number of hydrogen-bond acceptors (Lipinski definition) is 6. The average molecular weight is 471 g/mol. The highest BCUT2D eigenvalue weighted by Crippen LogP contribution is 2.28. The van der Waals surface area contributed by atoms with Crippen molar-refractivity contribution in [2.24, 2.45) is 4.99 Å². The fourth-order valence-corrected chi connectivity index (χ4v) is 4.32. The normalized spacial score (nSPS) is 20.8. The molecule has 10 nitrogen and oxygen atoms in total. The summed E-state index contributed by atoms with van der Waals surface area (Å²) in [6.45, 7) is 2.04. The summed E-state index contributed by atoms with van der Waals surface area (Å²) in [5.41, 5.74) is 0.921. The van der Waals surface area contributed by atoms with Crippen LogP contribution in [0, 0.1) is 11.8 Å². The molecule has 3 aliphatic rings. The fourth-order valence-electron chi connectivity index (χ4n) is 4.32. The highest BCUT2D eigenvalue weighted by atomic mass is 16.5. The van der Waals surface area contributed by atoms with Crippen LogP contribution in [-0.2, 0) is 16.1 Å². The molecular formula is C25H21N5O5. The maximum absolute atomic E-state index is 13.0. The smallest absolute Gasteiger partial charge is 0.323 e. The molecule has 176 valence electrons. The Balaban J connectivity index is 1.40. The van der Waals surface area contributed by atoms with Crippen LogP contribution in [-0.4, -0.2) is 60.2 Å². The first-order valence-electron chi connectivity index (χ1n) is 10.9. The van der Waals surface area contributed by atoms with Crippen LogP contribution in [0.4, 0.5) is 10.5 Å². The molecule has 10 heteroatoms. The number of carbonyl (C=O) groups excluding carboxylic acids is 4. The van der Waals surface area contributed by atoms with Crippen molar-refractivity contribution < 1.29 is 23.9 Å². The summed E-state index contributed by atoms with van der Waals surface area (Å²) in [5.74, 6) is 5.97. The van der Waals surface area contributed by atoms with Crippen LogP contribution in [0.2, 0.25) is 0 Å². The first kappa shape index (κ1) is 22.2. The predicted molar refractivity (Wildman–Crippen MR) is 126 cm³/mol. The monoisotopic (exact) mass is 471 g/mol. The summed E-state index contributed by atoms with van der Waals surface area (Å²) in [6, 6.07) is 11.5. The number of amidine groups is 1. The molecule has 1 fully saturated rings. The second kappa shape index (κ2) is 8.29. The van der Waals surface area contributed by atoms with Gasteiger partial charge in [0, 0.05) is 17.7 Å². The Hall–Kier alpha value is -4.65. The summed E-state index contributed by atoms with van der Waals surface area (Å²) >= 11 is 0. The number of hydrogen-bond donors (Lipinski definition) is 2. The molecule has 2 aromatic carbocycles. The first-order valence-corrected chi connectivity index (χ1v) is 10.9. The minimum absolute atomic E-state index is 0.112. The Morgan fingerprint density at radius 1 is 1.11 bits per heavy atom. The molecule has 0 unspecified atom stereocenters. The van der Waals surface area contributed by atoms with Crippen LogP contribution in [0.15, 0.2) is 47.5 Å². The van der Waals surface area contributed by atoms with Gasteiger partial charge in [0.2, 0.25) is 5.54 Å². The number of nitrogens with zero attached hydrogens (tertiary/aromatic N) is 3. The first-order chi connectivity index (χ1) is 16.8. The van der Waals surface area contributed by atoms with E-state index in [1.807, 2.05) is 0 Å². The minimum Gasteiger partial charge on any atom is -0.497 e. The standard InChI is InChI=1S/C25H21N5O5/c1-15-26-12-21(31)30(15)18-6-3-16(4-7-18)9-10-25(23(33)27-24(34)28-25)14-29-13-17-5-8-19(35-2)11-20(17)22(29)32/h3-8,11H,12-14H2,1-2H3,(H2,27,28,33,34)/t25-/m1/s1. The lowest BCUT2D eigenvalue weighted by molar-refractivity contribution is -0.122. The molecule has 0 aromatic heterocycles. The maximum atomic E-state index is 13.0. The Kier molecular flexibility index (Phi) is 5.25. The van der Waals surface area contributed by atoms with Crippen molar-refractivity contribution in [2.75, 3.05) is 25.1 Å². The molecule has 0 radical (unpaired) electrons. The minimum atomic E-state index is -1.61. The number of nitrogens with one attached hydrogen (secondary N) is 2. The van der Waals surface area contributed by atoms with E-state index in [0.717, 1.165) is 5.56 Å². The van der Waals surface area contributed by atoms with Crippen molar-refractivity contribution >= 4 is 35.3 Å². The lowest BCUT2D eigenvalue weighted by atomic mass is 9.99. The third kappa shape index (κ3) is 3.87. The number of methoxy groups -OCH3 is 1. The van der Waals surface area contributed by atoms with E-state index < -0.39 is 17.5 Å². The van der Waals surface area contributed by atoms with E-state index in [-0.39, 0.29) is 31.4 Å². The molecule has 35 heavy (non-hydrogen) atoms. The predicted octanol–water partition coefficient (Wildman–Crippen LogP) is 1.05. The number of urea groups is 1. The number of ether oxygens (including phenoxy) is 1. The molecule has 1 atom stereocenters. The molecule has 5 rings (SSSR count). The van der Waals surface area contributed by atoms with Gasteiger partial charge in [0.05, 0.1) is 19.3 Å². The summed E-state index contributed by atoms with van der Waals surface area (Å²) in [4.78, 5) is 57.0. The van der Waals surface area contributed by atoms with E-state index in [9.17, 15) is 19.2 Å². The third-order valence-electron chi connectivity index (χ3n) is 6.13. The van der Waals surface area contributed by atoms with Crippen molar-refractivity contribution in [2.45, 2.75) is 19.0 Å². The molecule has 1 saturated heterocycles. The summed E-state index contributed by atoms with van der Waals surface area (Å²) in [7, 11) is 1.52. The van der Waals surface area contributed by atoms with Crippen molar-refractivity contribution in [3.63, 3.8) is 0 Å². The van der Waals surface area contributed by atoms with Crippen molar-refractivity contribution in [3.05, 3.63) is 59.2 Å². The number of amides is 5. The van der Waals surface area contributed by atoms with Gasteiger partial charge in [-0.25, -0.2) is 4.79 Å². The Morgan fingerprint density at radius 3 is 2.51 bits per heavy atom. The zero-order valence-corrected chi connectivity index (χ0v) is 19.0. The van der Waals surface area contributed by atoms with Gasteiger partial charge in [-0.05, 0) is 48.9 Å². The van der Waals surface area contributed by atoms with Crippen LogP contribution >= 0.6 is 0 Å². The van der Waals surface area contributed by atoms with Gasteiger partial charge in [-0.3, -0.25) is 29.6 Å². The van der Waals surface area contributed by atoms with Gasteiger partial charge in [-0.1, -0.05) is 17.9 Å². The van der Waals surface area contributed by atoms with Crippen LogP contribution in [0.5, 0.6) is 5.75 Å². The average Bonchev–Trinajstić information content (AvgIpc) is 3.45. The van der Waals surface area contributed by atoms with E-state index in [0.29, 0.717) is 28.4 Å². The second-order valence-corrected chi connectivity index (χ2v) is 8.39. The van der Waals surface area contributed by atoms with Crippen LogP contribution < -0.4 is 20.3 Å². The lowest BCUT2D eigenvalue weighted by Gasteiger charge is -2.26. The molecular weight excluding hydrogens is 450 g/mol. The zero-order chi connectivity index (χ0) is 24.7. The van der Waals surface area contributed by atoms with Gasteiger partial charge in [0.25, 0.3) is 17.7 Å². The number of rotatable bonds is 4. The lowest BCUT2D eigenvalue weighted by Crippen LogP contribution is -2.54. The zero-order valence-electron chi connectivity index (χ0n) is 19.0. The Morgan fingerprint density at radius 2 is 1.89 bits per heavy atom. The summed E-state index contributed by atoms with van der Waals surface area (Å²) < 4.78 is 5.21. The molecule has 5 amide bonds. The number of benzene rings is 2. The Bertz CT molecular complexity index is 1370. The van der Waals surface area contributed by atoms with Crippen LogP contribution in [0.1, 0.15) is 28.4 Å². The molecule has 2 aromatic rings. The van der Waals surface area contributed by atoms with Crippen LogP contribution in [0.3, 0.4) is 0 Å². The second-order valence-electron chi connectivity index (χ2n) is 8.39. The highest BCUT2D eigenvalue weighted by Gasteiger charge is 2.48. The third-order valence-corrected chi connectivity index (χ3v) is 6.13. The molecule has 0 spiro atoms. The number of fused-ring (bicyclic) bond motifs is 1. The summed E-state index contributed by atoms with van der Waals surface area (Å²) in [5, 5.41) is 4.81. The van der Waals surface area contributed by atoms with E-state index >= 15 is 0 Å². The number of anilines is 1. The van der Waals surface area contributed by atoms with E-state index in [1.165, 1.54) is 16.9 Å². The van der Waals surface area contributed by atoms with Gasteiger partial charge in [0.1, 0.15) is 18.1 Å². The molecule has 3 heterocycles. The molecule has 0 bridgehead atoms. The van der Waals surface area contributed by atoms with Gasteiger partial charge in [-0.15, -0.1) is 0 Å². The SMILES string of the molecule is COc1ccc2c(c1)C(=O)N(C[C@@]1(C#Cc3ccc(N4C(=O)CN=C4C)cc3)NC(=O)NC1=O)C2. The fraction of sp³-hybridized carbons (Fsp3) is 0.240. The maximum Gasteiger partial charge on any atom is 0.323 e. The topological polar surface area (TPSA) is 120 Å². The molecule has 0 aliphatic carbocycles. The van der Waals surface area contributed by atoms with Crippen LogP contribution in [0.25, 0.3) is 0 Å². The Labute approximate surface area is 200 Å². The number of imide groups is 1. The van der Waals surface area contributed by atoms with Gasteiger partial charge in [0.15, 0.2) is 0 Å². The van der Waals surface area contributed by atoms with Gasteiger partial charge < -0.3 is 15.0 Å².